The molecule has 1 amide bonds. The minimum Gasteiger partial charge on any atom is -0.312 e. The van der Waals surface area contributed by atoms with Crippen LogP contribution in [0.25, 0.3) is 0 Å². The summed E-state index contributed by atoms with van der Waals surface area (Å²) in [5.74, 6) is 1.00. The molecule has 0 aliphatic carbocycles. The number of aromatic nitrogens is 3. The van der Waals surface area contributed by atoms with Crippen LogP contribution in [0.3, 0.4) is 0 Å². The maximum Gasteiger partial charge on any atom is 0.240 e. The Morgan fingerprint density at radius 3 is 2.29 bits per heavy atom. The second kappa shape index (κ2) is 9.55. The Labute approximate surface area is 170 Å². The monoisotopic (exact) mass is 394 g/mol. The van der Waals surface area contributed by atoms with E-state index < -0.39 is 0 Å². The van der Waals surface area contributed by atoms with Gasteiger partial charge in [0.15, 0.2) is 5.16 Å². The molecule has 0 saturated heterocycles. The standard InChI is InChI=1S/C22H26N4OS/c1-4-25(19-14-10-7-11-15-19)21(27)17(3)28-22-24-23-20(26(22)5-2)16-18-12-8-6-9-13-18/h6-15,17H,4-5,16H2,1-3H3. The smallest absolute Gasteiger partial charge is 0.240 e. The Morgan fingerprint density at radius 1 is 1.04 bits per heavy atom. The number of hydrogen-bond donors (Lipinski definition) is 0. The SMILES string of the molecule is CCN(C(=O)C(C)Sc1nnc(Cc2ccccc2)n1CC)c1ccccc1. The van der Waals surface area contributed by atoms with Crippen molar-refractivity contribution >= 4 is 23.4 Å². The molecule has 1 unspecified atom stereocenters. The van der Waals surface area contributed by atoms with Gasteiger partial charge in [0.2, 0.25) is 5.91 Å². The predicted octanol–water partition coefficient (Wildman–Crippen LogP) is 4.42. The number of hydrogen-bond acceptors (Lipinski definition) is 4. The van der Waals surface area contributed by atoms with Crippen LogP contribution in [0.1, 0.15) is 32.2 Å². The molecular formula is C22H26N4OS. The quantitative estimate of drug-likeness (QED) is 0.531. The molecule has 6 heteroatoms. The summed E-state index contributed by atoms with van der Waals surface area (Å²) in [6.07, 6.45) is 0.732. The lowest BCUT2D eigenvalue weighted by atomic mass is 10.1. The number of nitrogens with zero attached hydrogens (tertiary/aromatic N) is 4. The van der Waals surface area contributed by atoms with Crippen molar-refractivity contribution in [2.24, 2.45) is 0 Å². The van der Waals surface area contributed by atoms with Crippen LogP contribution < -0.4 is 4.90 Å². The molecule has 0 bridgehead atoms. The molecule has 0 fully saturated rings. The van der Waals surface area contributed by atoms with E-state index in [1.165, 1.54) is 17.3 Å². The Bertz CT molecular complexity index is 895. The van der Waals surface area contributed by atoms with Gasteiger partial charge in [-0.1, -0.05) is 60.3 Å². The van der Waals surface area contributed by atoms with Crippen LogP contribution in [0.5, 0.6) is 0 Å². The van der Waals surface area contributed by atoms with E-state index in [-0.39, 0.29) is 11.2 Å². The minimum atomic E-state index is -0.251. The molecule has 1 heterocycles. The number of para-hydroxylation sites is 1. The van der Waals surface area contributed by atoms with Crippen LogP contribution in [-0.2, 0) is 17.8 Å². The van der Waals surface area contributed by atoms with E-state index in [1.54, 1.807) is 0 Å². The first kappa shape index (κ1) is 20.1. The van der Waals surface area contributed by atoms with Crippen molar-refractivity contribution in [3.8, 4) is 0 Å². The molecule has 28 heavy (non-hydrogen) atoms. The van der Waals surface area contributed by atoms with Crippen molar-refractivity contribution in [3.63, 3.8) is 0 Å². The lowest BCUT2D eigenvalue weighted by Crippen LogP contribution is -2.36. The van der Waals surface area contributed by atoms with Crippen LogP contribution >= 0.6 is 11.8 Å². The number of carbonyl (C=O) groups excluding carboxylic acids is 1. The fourth-order valence-electron chi connectivity index (χ4n) is 3.13. The van der Waals surface area contributed by atoms with Gasteiger partial charge in [-0.15, -0.1) is 10.2 Å². The van der Waals surface area contributed by atoms with Crippen molar-refractivity contribution in [2.45, 2.75) is 44.1 Å². The van der Waals surface area contributed by atoms with Crippen molar-refractivity contribution in [1.29, 1.82) is 0 Å². The van der Waals surface area contributed by atoms with E-state index in [2.05, 4.69) is 33.8 Å². The highest BCUT2D eigenvalue weighted by Gasteiger charge is 2.24. The van der Waals surface area contributed by atoms with E-state index >= 15 is 0 Å². The molecule has 146 valence electrons. The molecule has 1 aromatic heterocycles. The molecule has 5 nitrogen and oxygen atoms in total. The van der Waals surface area contributed by atoms with Crippen molar-refractivity contribution in [2.75, 3.05) is 11.4 Å². The average Bonchev–Trinajstić information content (AvgIpc) is 3.11. The third-order valence-electron chi connectivity index (χ3n) is 4.59. The zero-order valence-electron chi connectivity index (χ0n) is 16.6. The molecular weight excluding hydrogens is 368 g/mol. The van der Waals surface area contributed by atoms with Crippen molar-refractivity contribution in [1.82, 2.24) is 14.8 Å². The number of anilines is 1. The summed E-state index contributed by atoms with van der Waals surface area (Å²) in [4.78, 5) is 14.8. The zero-order chi connectivity index (χ0) is 19.9. The molecule has 1 atom stereocenters. The second-order valence-corrected chi connectivity index (χ2v) is 7.79. The van der Waals surface area contributed by atoms with Gasteiger partial charge >= 0.3 is 0 Å². The van der Waals surface area contributed by atoms with E-state index in [0.717, 1.165) is 29.6 Å². The number of carbonyl (C=O) groups is 1. The summed E-state index contributed by atoms with van der Waals surface area (Å²) in [7, 11) is 0. The van der Waals surface area contributed by atoms with Crippen molar-refractivity contribution in [3.05, 3.63) is 72.1 Å². The van der Waals surface area contributed by atoms with E-state index in [4.69, 9.17) is 0 Å². The molecule has 3 rings (SSSR count). The zero-order valence-corrected chi connectivity index (χ0v) is 17.4. The van der Waals surface area contributed by atoms with Gasteiger partial charge in [0.1, 0.15) is 5.82 Å². The van der Waals surface area contributed by atoms with E-state index in [1.807, 2.05) is 67.3 Å². The third kappa shape index (κ3) is 4.62. The molecule has 0 N–H and O–H groups in total. The predicted molar refractivity (Wildman–Crippen MR) is 115 cm³/mol. The van der Waals surface area contributed by atoms with Gasteiger partial charge in [0, 0.05) is 25.2 Å². The van der Waals surface area contributed by atoms with Crippen LogP contribution in [0.4, 0.5) is 5.69 Å². The van der Waals surface area contributed by atoms with Crippen LogP contribution in [-0.4, -0.2) is 32.5 Å². The molecule has 0 aliphatic heterocycles. The first-order valence-electron chi connectivity index (χ1n) is 9.63. The highest BCUT2D eigenvalue weighted by atomic mass is 32.2. The molecule has 0 spiro atoms. The fourth-order valence-corrected chi connectivity index (χ4v) is 4.13. The summed E-state index contributed by atoms with van der Waals surface area (Å²) >= 11 is 1.47. The fraction of sp³-hybridized carbons (Fsp3) is 0.318. The van der Waals surface area contributed by atoms with Crippen LogP contribution in [0.15, 0.2) is 65.8 Å². The minimum absolute atomic E-state index is 0.0777. The summed E-state index contributed by atoms with van der Waals surface area (Å²) in [6, 6.07) is 20.0. The Kier molecular flexibility index (Phi) is 6.87. The molecule has 0 aliphatic rings. The van der Waals surface area contributed by atoms with Gasteiger partial charge in [-0.3, -0.25) is 4.79 Å². The first-order chi connectivity index (χ1) is 13.6. The topological polar surface area (TPSA) is 51.0 Å². The number of rotatable bonds is 8. The van der Waals surface area contributed by atoms with E-state index in [9.17, 15) is 4.79 Å². The van der Waals surface area contributed by atoms with E-state index in [0.29, 0.717) is 6.54 Å². The van der Waals surface area contributed by atoms with Crippen molar-refractivity contribution < 1.29 is 4.79 Å². The average molecular weight is 395 g/mol. The van der Waals surface area contributed by atoms with Gasteiger partial charge < -0.3 is 9.47 Å². The van der Waals surface area contributed by atoms with Gasteiger partial charge in [-0.25, -0.2) is 0 Å². The summed E-state index contributed by atoms with van der Waals surface area (Å²) in [6.45, 7) is 7.41. The van der Waals surface area contributed by atoms with Gasteiger partial charge in [0.05, 0.1) is 5.25 Å². The highest BCUT2D eigenvalue weighted by molar-refractivity contribution is 8.00. The summed E-state index contributed by atoms with van der Waals surface area (Å²) in [5, 5.41) is 9.29. The maximum atomic E-state index is 13.0. The molecule has 0 radical (unpaired) electrons. The van der Waals surface area contributed by atoms with Crippen LogP contribution in [0, 0.1) is 0 Å². The molecule has 2 aromatic carbocycles. The Balaban J connectivity index is 1.74. The lowest BCUT2D eigenvalue weighted by Gasteiger charge is -2.24. The molecule has 0 saturated carbocycles. The maximum absolute atomic E-state index is 13.0. The number of thioether (sulfide) groups is 1. The summed E-state index contributed by atoms with van der Waals surface area (Å²) in [5.41, 5.74) is 2.12. The summed E-state index contributed by atoms with van der Waals surface area (Å²) < 4.78 is 2.10. The normalized spacial score (nSPS) is 12.0. The third-order valence-corrected chi connectivity index (χ3v) is 5.66. The van der Waals surface area contributed by atoms with Gasteiger partial charge in [-0.05, 0) is 38.5 Å². The highest BCUT2D eigenvalue weighted by Crippen LogP contribution is 2.26. The van der Waals surface area contributed by atoms with Gasteiger partial charge in [-0.2, -0.15) is 0 Å². The second-order valence-electron chi connectivity index (χ2n) is 6.48. The number of benzene rings is 2. The Morgan fingerprint density at radius 2 is 1.68 bits per heavy atom. The molecule has 3 aromatic rings. The lowest BCUT2D eigenvalue weighted by molar-refractivity contribution is -0.117. The van der Waals surface area contributed by atoms with Gasteiger partial charge in [0.25, 0.3) is 0 Å². The van der Waals surface area contributed by atoms with Crippen LogP contribution in [0.2, 0.25) is 0 Å². The Hall–Kier alpha value is -2.60. The number of amides is 1. The first-order valence-corrected chi connectivity index (χ1v) is 10.5. The largest absolute Gasteiger partial charge is 0.312 e.